The highest BCUT2D eigenvalue weighted by atomic mass is 19.1. The van der Waals surface area contributed by atoms with Crippen LogP contribution in [0.5, 0.6) is 11.5 Å². The van der Waals surface area contributed by atoms with Gasteiger partial charge in [-0.05, 0) is 48.5 Å². The predicted molar refractivity (Wildman–Crippen MR) is 130 cm³/mol. The van der Waals surface area contributed by atoms with Gasteiger partial charge in [0.05, 0.1) is 30.4 Å². The molecule has 0 unspecified atom stereocenters. The van der Waals surface area contributed by atoms with Gasteiger partial charge in [0, 0.05) is 18.9 Å². The highest BCUT2D eigenvalue weighted by molar-refractivity contribution is 5.96. The second-order valence-corrected chi connectivity index (χ2v) is 8.57. The molecule has 8 heteroatoms. The first-order chi connectivity index (χ1) is 17.0. The molecule has 35 heavy (non-hydrogen) atoms. The number of benzene rings is 3. The molecule has 2 atom stereocenters. The van der Waals surface area contributed by atoms with Crippen molar-refractivity contribution in [1.29, 1.82) is 0 Å². The molecule has 7 nitrogen and oxygen atoms in total. The molecule has 0 spiro atoms. The molecule has 1 fully saturated rings. The lowest BCUT2D eigenvalue weighted by Crippen LogP contribution is -2.27. The van der Waals surface area contributed by atoms with E-state index in [1.807, 2.05) is 28.8 Å². The average Bonchev–Trinajstić information content (AvgIpc) is 3.44. The van der Waals surface area contributed by atoms with E-state index < -0.39 is 11.9 Å². The fourth-order valence-corrected chi connectivity index (χ4v) is 4.51. The van der Waals surface area contributed by atoms with Gasteiger partial charge >= 0.3 is 0 Å². The van der Waals surface area contributed by atoms with Crippen molar-refractivity contribution in [3.8, 4) is 11.5 Å². The highest BCUT2D eigenvalue weighted by Crippen LogP contribution is 2.34. The van der Waals surface area contributed by atoms with Gasteiger partial charge in [0.15, 0.2) is 0 Å². The second-order valence-electron chi connectivity index (χ2n) is 8.57. The van der Waals surface area contributed by atoms with Crippen molar-refractivity contribution in [3.05, 3.63) is 84.4 Å². The number of methoxy groups -OCH3 is 1. The lowest BCUT2D eigenvalue weighted by Gasteiger charge is -2.19. The number of ether oxygens (including phenoxy) is 2. The topological polar surface area (TPSA) is 76.8 Å². The fourth-order valence-electron chi connectivity index (χ4n) is 4.51. The number of para-hydroxylation sites is 3. The molecule has 0 radical (unpaired) electrons. The van der Waals surface area contributed by atoms with Gasteiger partial charge in [-0.25, -0.2) is 9.37 Å². The first-order valence-corrected chi connectivity index (χ1v) is 11.5. The van der Waals surface area contributed by atoms with E-state index in [-0.39, 0.29) is 37.1 Å². The van der Waals surface area contributed by atoms with Gasteiger partial charge in [-0.15, -0.1) is 0 Å². The molecule has 0 bridgehead atoms. The number of carbonyl (C=O) groups excluding carboxylic acids is 1. The standard InChI is InChI=1S/C27H26FN3O4/c1-34-20-10-12-21(13-11-20)35-17-19(32)16-31-25-9-5-3-7-23(25)29-27(31)18-14-26(33)30(15-18)24-8-4-2-6-22(24)28/h2-13,18-19,32H,14-17H2,1H3/t18-,19+/m0/s1. The summed E-state index contributed by atoms with van der Waals surface area (Å²) in [5.74, 6) is 1.24. The Morgan fingerprint density at radius 2 is 1.77 bits per heavy atom. The van der Waals surface area contributed by atoms with Gasteiger partial charge < -0.3 is 24.0 Å². The number of hydrogen-bond donors (Lipinski definition) is 1. The summed E-state index contributed by atoms with van der Waals surface area (Å²) in [6, 6.07) is 21.1. The number of hydrogen-bond acceptors (Lipinski definition) is 5. The summed E-state index contributed by atoms with van der Waals surface area (Å²) in [4.78, 5) is 19.1. The van der Waals surface area contributed by atoms with Crippen molar-refractivity contribution < 1.29 is 23.8 Å². The van der Waals surface area contributed by atoms with Crippen molar-refractivity contribution in [3.63, 3.8) is 0 Å². The van der Waals surface area contributed by atoms with Crippen molar-refractivity contribution in [2.75, 3.05) is 25.2 Å². The monoisotopic (exact) mass is 475 g/mol. The van der Waals surface area contributed by atoms with Crippen LogP contribution in [0, 0.1) is 5.82 Å². The van der Waals surface area contributed by atoms with Gasteiger partial charge in [0.25, 0.3) is 0 Å². The number of aliphatic hydroxyl groups is 1. The molecule has 2 heterocycles. The molecule has 5 rings (SSSR count). The number of rotatable bonds is 8. The largest absolute Gasteiger partial charge is 0.497 e. The van der Waals surface area contributed by atoms with Crippen LogP contribution in [0.25, 0.3) is 11.0 Å². The zero-order valence-corrected chi connectivity index (χ0v) is 19.3. The summed E-state index contributed by atoms with van der Waals surface area (Å²) in [5.41, 5.74) is 1.92. The second kappa shape index (κ2) is 9.76. The van der Waals surface area contributed by atoms with Crippen molar-refractivity contribution in [2.45, 2.75) is 25.0 Å². The maximum absolute atomic E-state index is 14.4. The Labute approximate surface area is 202 Å². The Morgan fingerprint density at radius 1 is 1.06 bits per heavy atom. The van der Waals surface area contributed by atoms with E-state index in [9.17, 15) is 14.3 Å². The van der Waals surface area contributed by atoms with Crippen LogP contribution in [0.4, 0.5) is 10.1 Å². The molecular weight excluding hydrogens is 449 g/mol. The number of fused-ring (bicyclic) bond motifs is 1. The summed E-state index contributed by atoms with van der Waals surface area (Å²) in [6.45, 7) is 0.654. The first-order valence-electron chi connectivity index (χ1n) is 11.5. The number of carbonyl (C=O) groups is 1. The van der Waals surface area contributed by atoms with E-state index in [1.54, 1.807) is 49.6 Å². The Morgan fingerprint density at radius 3 is 2.54 bits per heavy atom. The fraction of sp³-hybridized carbons (Fsp3) is 0.259. The van der Waals surface area contributed by atoms with E-state index in [4.69, 9.17) is 14.5 Å². The lowest BCUT2D eigenvalue weighted by molar-refractivity contribution is -0.117. The van der Waals surface area contributed by atoms with Crippen LogP contribution in [-0.2, 0) is 11.3 Å². The molecule has 1 aliphatic heterocycles. The molecule has 1 N–H and O–H groups in total. The van der Waals surface area contributed by atoms with E-state index in [1.165, 1.54) is 11.0 Å². The Balaban J connectivity index is 1.36. The number of imidazole rings is 1. The smallest absolute Gasteiger partial charge is 0.227 e. The van der Waals surface area contributed by atoms with Crippen molar-refractivity contribution >= 4 is 22.6 Å². The molecular formula is C27H26FN3O4. The van der Waals surface area contributed by atoms with Crippen LogP contribution in [0.15, 0.2) is 72.8 Å². The first kappa shape index (κ1) is 22.9. The Bertz CT molecular complexity index is 1340. The summed E-state index contributed by atoms with van der Waals surface area (Å²) < 4.78 is 27.2. The van der Waals surface area contributed by atoms with Crippen LogP contribution >= 0.6 is 0 Å². The summed E-state index contributed by atoms with van der Waals surface area (Å²) >= 11 is 0. The lowest BCUT2D eigenvalue weighted by atomic mass is 10.1. The summed E-state index contributed by atoms with van der Waals surface area (Å²) in [5, 5.41) is 10.8. The number of aliphatic hydroxyl groups excluding tert-OH is 1. The maximum Gasteiger partial charge on any atom is 0.227 e. The summed E-state index contributed by atoms with van der Waals surface area (Å²) in [7, 11) is 1.60. The minimum atomic E-state index is -0.812. The van der Waals surface area contributed by atoms with Gasteiger partial charge in [-0.1, -0.05) is 24.3 Å². The quantitative estimate of drug-likeness (QED) is 0.415. The molecule has 180 valence electrons. The Kier molecular flexibility index (Phi) is 6.37. The zero-order valence-electron chi connectivity index (χ0n) is 19.3. The molecule has 4 aromatic rings. The number of halogens is 1. The third kappa shape index (κ3) is 4.70. The van der Waals surface area contributed by atoms with E-state index >= 15 is 0 Å². The van der Waals surface area contributed by atoms with Crippen LogP contribution in [0.3, 0.4) is 0 Å². The average molecular weight is 476 g/mol. The minimum absolute atomic E-state index is 0.0865. The summed E-state index contributed by atoms with van der Waals surface area (Å²) in [6.07, 6.45) is -0.593. The van der Waals surface area contributed by atoms with Crippen LogP contribution in [0.2, 0.25) is 0 Å². The van der Waals surface area contributed by atoms with Crippen LogP contribution < -0.4 is 14.4 Å². The van der Waals surface area contributed by atoms with Crippen molar-refractivity contribution in [2.24, 2.45) is 0 Å². The number of aromatic nitrogens is 2. The van der Waals surface area contributed by atoms with Gasteiger partial charge in [0.2, 0.25) is 5.91 Å². The molecule has 1 aromatic heterocycles. The molecule has 0 saturated carbocycles. The number of nitrogens with zero attached hydrogens (tertiary/aromatic N) is 3. The van der Waals surface area contributed by atoms with Gasteiger partial charge in [-0.3, -0.25) is 4.79 Å². The third-order valence-electron chi connectivity index (χ3n) is 6.21. The molecule has 1 amide bonds. The van der Waals surface area contributed by atoms with E-state index in [0.717, 1.165) is 16.8 Å². The van der Waals surface area contributed by atoms with Crippen molar-refractivity contribution in [1.82, 2.24) is 9.55 Å². The zero-order chi connectivity index (χ0) is 24.4. The van der Waals surface area contributed by atoms with Gasteiger partial charge in [0.1, 0.15) is 35.9 Å². The molecule has 1 aliphatic rings. The van der Waals surface area contributed by atoms with Gasteiger partial charge in [-0.2, -0.15) is 0 Å². The maximum atomic E-state index is 14.4. The molecule has 0 aliphatic carbocycles. The molecule has 3 aromatic carbocycles. The van der Waals surface area contributed by atoms with Crippen LogP contribution in [-0.4, -0.2) is 46.9 Å². The Hall–Kier alpha value is -3.91. The van der Waals surface area contributed by atoms with E-state index in [0.29, 0.717) is 18.1 Å². The van der Waals surface area contributed by atoms with E-state index in [2.05, 4.69) is 0 Å². The normalized spacial score (nSPS) is 16.6. The minimum Gasteiger partial charge on any atom is -0.497 e. The molecule has 1 saturated heterocycles. The third-order valence-corrected chi connectivity index (χ3v) is 6.21. The highest BCUT2D eigenvalue weighted by Gasteiger charge is 2.36. The number of anilines is 1. The SMILES string of the molecule is COc1ccc(OC[C@H](O)Cn2c([C@H]3CC(=O)N(c4ccccc4F)C3)nc3ccccc32)cc1. The predicted octanol–water partition coefficient (Wildman–Crippen LogP) is 4.14. The van der Waals surface area contributed by atoms with Crippen LogP contribution in [0.1, 0.15) is 18.2 Å². The number of amides is 1.